The van der Waals surface area contributed by atoms with E-state index in [4.69, 9.17) is 10.5 Å². The molecule has 3 atom stereocenters. The van der Waals surface area contributed by atoms with Crippen molar-refractivity contribution < 1.29 is 9.53 Å². The maximum Gasteiger partial charge on any atom is 0.237 e. The average Bonchev–Trinajstić information content (AvgIpc) is 2.61. The highest BCUT2D eigenvalue weighted by Crippen LogP contribution is 2.21. The van der Waals surface area contributed by atoms with Crippen LogP contribution >= 0.6 is 0 Å². The minimum Gasteiger partial charge on any atom is -0.381 e. The number of hydrogen-bond donors (Lipinski definition) is 1. The largest absolute Gasteiger partial charge is 0.381 e. The lowest BCUT2D eigenvalue weighted by Crippen LogP contribution is -2.52. The zero-order valence-electron chi connectivity index (χ0n) is 14.4. The summed E-state index contributed by atoms with van der Waals surface area (Å²) in [7, 11) is 3.62. The first-order chi connectivity index (χ1) is 11.1. The smallest absolute Gasteiger partial charge is 0.237 e. The van der Waals surface area contributed by atoms with Crippen molar-refractivity contribution in [1.29, 1.82) is 0 Å². The second kappa shape index (κ2) is 8.43. The minimum absolute atomic E-state index is 0.0662. The normalized spacial score (nSPS) is 23.5. The summed E-state index contributed by atoms with van der Waals surface area (Å²) in [6, 6.07) is 10.4. The Labute approximate surface area is 139 Å². The van der Waals surface area contributed by atoms with Gasteiger partial charge in [0.05, 0.1) is 18.7 Å². The van der Waals surface area contributed by atoms with E-state index in [-0.39, 0.29) is 24.1 Å². The van der Waals surface area contributed by atoms with Gasteiger partial charge in [0.1, 0.15) is 0 Å². The van der Waals surface area contributed by atoms with Crippen molar-refractivity contribution in [3.05, 3.63) is 35.9 Å². The number of carbonyl (C=O) groups is 1. The highest BCUT2D eigenvalue weighted by molar-refractivity contribution is 5.78. The Morgan fingerprint density at radius 3 is 2.74 bits per heavy atom. The molecule has 1 heterocycles. The predicted molar refractivity (Wildman–Crippen MR) is 92.1 cm³/mol. The van der Waals surface area contributed by atoms with E-state index >= 15 is 0 Å². The molecule has 1 saturated heterocycles. The lowest BCUT2D eigenvalue weighted by molar-refractivity contribution is -0.134. The fourth-order valence-corrected chi connectivity index (χ4v) is 3.19. The van der Waals surface area contributed by atoms with Crippen LogP contribution < -0.4 is 5.73 Å². The molecule has 3 unspecified atom stereocenters. The van der Waals surface area contributed by atoms with Crippen LogP contribution in [0, 0.1) is 0 Å². The molecular weight excluding hydrogens is 290 g/mol. The maximum atomic E-state index is 12.7. The summed E-state index contributed by atoms with van der Waals surface area (Å²) in [4.78, 5) is 16.7. The van der Waals surface area contributed by atoms with Crippen LogP contribution in [0.15, 0.2) is 30.3 Å². The second-order valence-electron chi connectivity index (χ2n) is 6.33. The van der Waals surface area contributed by atoms with E-state index < -0.39 is 0 Å². The fourth-order valence-electron chi connectivity index (χ4n) is 3.19. The number of nitrogens with zero attached hydrogens (tertiary/aromatic N) is 2. The quantitative estimate of drug-likeness (QED) is 0.866. The molecule has 0 aromatic heterocycles. The van der Waals surface area contributed by atoms with E-state index in [2.05, 4.69) is 24.0 Å². The molecule has 0 radical (unpaired) electrons. The van der Waals surface area contributed by atoms with Gasteiger partial charge in [0.15, 0.2) is 0 Å². The van der Waals surface area contributed by atoms with Crippen molar-refractivity contribution in [3.8, 4) is 0 Å². The molecule has 0 saturated carbocycles. The van der Waals surface area contributed by atoms with E-state index in [0.29, 0.717) is 13.1 Å². The van der Waals surface area contributed by atoms with Gasteiger partial charge in [-0.1, -0.05) is 30.3 Å². The van der Waals surface area contributed by atoms with Gasteiger partial charge in [-0.15, -0.1) is 0 Å². The van der Waals surface area contributed by atoms with Crippen molar-refractivity contribution in [2.45, 2.75) is 38.0 Å². The molecule has 1 amide bonds. The lowest BCUT2D eigenvalue weighted by Gasteiger charge is -2.39. The van der Waals surface area contributed by atoms with E-state index in [1.807, 2.05) is 30.1 Å². The summed E-state index contributed by atoms with van der Waals surface area (Å²) in [5, 5.41) is 0. The van der Waals surface area contributed by atoms with Gasteiger partial charge in [0.2, 0.25) is 5.91 Å². The fraction of sp³-hybridized carbons (Fsp3) is 0.611. The molecule has 5 heteroatoms. The monoisotopic (exact) mass is 319 g/mol. The summed E-state index contributed by atoms with van der Waals surface area (Å²) in [6.07, 6.45) is 2.12. The molecule has 1 aromatic carbocycles. The van der Waals surface area contributed by atoms with Crippen molar-refractivity contribution in [3.63, 3.8) is 0 Å². The van der Waals surface area contributed by atoms with Gasteiger partial charge >= 0.3 is 0 Å². The Hall–Kier alpha value is -1.43. The molecule has 5 nitrogen and oxygen atoms in total. The van der Waals surface area contributed by atoms with Crippen LogP contribution in [0.2, 0.25) is 0 Å². The summed E-state index contributed by atoms with van der Waals surface area (Å²) >= 11 is 0. The number of rotatable bonds is 6. The van der Waals surface area contributed by atoms with Crippen molar-refractivity contribution in [2.75, 3.05) is 33.8 Å². The standard InChI is InChI=1S/C18H29N3O2/c1-14(15-7-5-4-6-8-15)20(2)18(22)13-21-10-9-17(23-3)11-16(21)12-19/h4-8,14,16-17H,9-13,19H2,1-3H3. The van der Waals surface area contributed by atoms with Gasteiger partial charge in [-0.05, 0) is 25.3 Å². The van der Waals surface area contributed by atoms with Crippen LogP contribution in [0.4, 0.5) is 0 Å². The minimum atomic E-state index is 0.0662. The summed E-state index contributed by atoms with van der Waals surface area (Å²) < 4.78 is 5.44. The zero-order valence-corrected chi connectivity index (χ0v) is 14.4. The third-order valence-corrected chi connectivity index (χ3v) is 4.99. The number of nitrogens with two attached hydrogens (primary N) is 1. The van der Waals surface area contributed by atoms with Crippen LogP contribution in [0.5, 0.6) is 0 Å². The predicted octanol–water partition coefficient (Wildman–Crippen LogP) is 1.64. The van der Waals surface area contributed by atoms with Crippen LogP contribution in [0.25, 0.3) is 0 Å². The van der Waals surface area contributed by atoms with E-state index in [0.717, 1.165) is 24.9 Å². The van der Waals surface area contributed by atoms with Crippen molar-refractivity contribution >= 4 is 5.91 Å². The number of likely N-dealkylation sites (N-methyl/N-ethyl adjacent to an activating group) is 1. The topological polar surface area (TPSA) is 58.8 Å². The van der Waals surface area contributed by atoms with Gasteiger partial charge in [0, 0.05) is 33.3 Å². The first kappa shape index (κ1) is 17.9. The number of likely N-dealkylation sites (tertiary alicyclic amines) is 1. The van der Waals surface area contributed by atoms with Crippen molar-refractivity contribution in [1.82, 2.24) is 9.80 Å². The molecule has 2 N–H and O–H groups in total. The van der Waals surface area contributed by atoms with Gasteiger partial charge in [-0.2, -0.15) is 0 Å². The Morgan fingerprint density at radius 2 is 2.13 bits per heavy atom. The summed E-state index contributed by atoms with van der Waals surface area (Å²) in [6.45, 7) is 3.90. The van der Waals surface area contributed by atoms with Crippen LogP contribution in [-0.4, -0.2) is 61.6 Å². The average molecular weight is 319 g/mol. The maximum absolute atomic E-state index is 12.7. The Bertz CT molecular complexity index is 494. The molecule has 0 aliphatic carbocycles. The first-order valence-corrected chi connectivity index (χ1v) is 8.34. The Morgan fingerprint density at radius 1 is 1.43 bits per heavy atom. The molecule has 0 spiro atoms. The molecular formula is C18H29N3O2. The number of hydrogen-bond acceptors (Lipinski definition) is 4. The zero-order chi connectivity index (χ0) is 16.8. The third kappa shape index (κ3) is 4.53. The molecule has 23 heavy (non-hydrogen) atoms. The van der Waals surface area contributed by atoms with Crippen molar-refractivity contribution in [2.24, 2.45) is 5.73 Å². The molecule has 1 fully saturated rings. The van der Waals surface area contributed by atoms with E-state index in [9.17, 15) is 4.79 Å². The van der Waals surface area contributed by atoms with Crippen LogP contribution in [0.3, 0.4) is 0 Å². The molecule has 1 aromatic rings. The van der Waals surface area contributed by atoms with Gasteiger partial charge in [-0.25, -0.2) is 0 Å². The molecule has 0 bridgehead atoms. The second-order valence-corrected chi connectivity index (χ2v) is 6.33. The van der Waals surface area contributed by atoms with E-state index in [1.54, 1.807) is 7.11 Å². The highest BCUT2D eigenvalue weighted by atomic mass is 16.5. The summed E-state index contributed by atoms with van der Waals surface area (Å²) in [5.41, 5.74) is 7.04. The number of methoxy groups -OCH3 is 1. The first-order valence-electron chi connectivity index (χ1n) is 8.34. The number of benzene rings is 1. The van der Waals surface area contributed by atoms with Crippen LogP contribution in [-0.2, 0) is 9.53 Å². The van der Waals surface area contributed by atoms with Gasteiger partial charge < -0.3 is 15.4 Å². The molecule has 1 aliphatic rings. The van der Waals surface area contributed by atoms with E-state index in [1.165, 1.54) is 0 Å². The number of piperidine rings is 1. The lowest BCUT2D eigenvalue weighted by atomic mass is 9.99. The molecule has 2 rings (SSSR count). The highest BCUT2D eigenvalue weighted by Gasteiger charge is 2.30. The van der Waals surface area contributed by atoms with Crippen LogP contribution in [0.1, 0.15) is 31.4 Å². The Kier molecular flexibility index (Phi) is 6.57. The SMILES string of the molecule is COC1CCN(CC(=O)N(C)C(C)c2ccccc2)C(CN)C1. The van der Waals surface area contributed by atoms with Gasteiger partial charge in [0.25, 0.3) is 0 Å². The number of ether oxygens (including phenoxy) is 1. The number of carbonyl (C=O) groups excluding carboxylic acids is 1. The number of amides is 1. The summed E-state index contributed by atoms with van der Waals surface area (Å²) in [5.74, 6) is 0.135. The Balaban J connectivity index is 1.95. The third-order valence-electron chi connectivity index (χ3n) is 4.99. The molecule has 128 valence electrons. The molecule has 1 aliphatic heterocycles. The van der Waals surface area contributed by atoms with Gasteiger partial charge in [-0.3, -0.25) is 9.69 Å².